The minimum atomic E-state index is 0.564. The molecule has 1 saturated heterocycles. The number of nitrogens with one attached hydrogen (secondary N) is 1. The molecule has 2 fully saturated rings. The molecule has 0 bridgehead atoms. The molecule has 0 aromatic carbocycles. The molecule has 3 atom stereocenters. The van der Waals surface area contributed by atoms with E-state index in [4.69, 9.17) is 0 Å². The third kappa shape index (κ3) is 5.25. The van der Waals surface area contributed by atoms with E-state index >= 15 is 0 Å². The summed E-state index contributed by atoms with van der Waals surface area (Å²) < 4.78 is 0. The Labute approximate surface area is 133 Å². The van der Waals surface area contributed by atoms with E-state index in [2.05, 4.69) is 38.0 Å². The summed E-state index contributed by atoms with van der Waals surface area (Å²) >= 11 is 0. The van der Waals surface area contributed by atoms with Gasteiger partial charge in [0.15, 0.2) is 0 Å². The third-order valence-electron chi connectivity index (χ3n) is 6.08. The number of likely N-dealkylation sites (tertiary alicyclic amines) is 1. The minimum Gasteiger partial charge on any atom is -0.317 e. The van der Waals surface area contributed by atoms with E-state index in [0.29, 0.717) is 5.41 Å². The van der Waals surface area contributed by atoms with Crippen LogP contribution in [0, 0.1) is 17.3 Å². The Kier molecular flexibility index (Phi) is 6.55. The third-order valence-corrected chi connectivity index (χ3v) is 6.08. The van der Waals surface area contributed by atoms with Gasteiger partial charge in [-0.25, -0.2) is 0 Å². The van der Waals surface area contributed by atoms with Gasteiger partial charge >= 0.3 is 0 Å². The molecule has 0 radical (unpaired) electrons. The highest BCUT2D eigenvalue weighted by Gasteiger charge is 2.31. The fourth-order valence-electron chi connectivity index (χ4n) is 4.61. The summed E-state index contributed by atoms with van der Waals surface area (Å²) in [6, 6.07) is 0.759. The summed E-state index contributed by atoms with van der Waals surface area (Å²) in [4.78, 5) is 2.78. The molecule has 0 amide bonds. The van der Waals surface area contributed by atoms with E-state index in [1.807, 2.05) is 0 Å². The quantitative estimate of drug-likeness (QED) is 0.813. The predicted octanol–water partition coefficient (Wildman–Crippen LogP) is 4.30. The van der Waals surface area contributed by atoms with Gasteiger partial charge in [-0.3, -0.25) is 0 Å². The van der Waals surface area contributed by atoms with Crippen molar-refractivity contribution in [1.29, 1.82) is 0 Å². The lowest BCUT2D eigenvalue weighted by atomic mass is 9.76. The molecule has 2 nitrogen and oxygen atoms in total. The van der Waals surface area contributed by atoms with E-state index < -0.39 is 0 Å². The van der Waals surface area contributed by atoms with Crippen molar-refractivity contribution in [1.82, 2.24) is 10.2 Å². The summed E-state index contributed by atoms with van der Waals surface area (Å²) in [6.45, 7) is 11.2. The second kappa shape index (κ2) is 7.97. The summed E-state index contributed by atoms with van der Waals surface area (Å²) in [5.41, 5.74) is 0.564. The van der Waals surface area contributed by atoms with Crippen molar-refractivity contribution >= 4 is 0 Å². The Balaban J connectivity index is 1.88. The standard InChI is InChI=1S/C19H38N2/c1-5-7-16-8-9-18(20-4)17(14-16)15-21-12-6-10-19(2,3)11-13-21/h16-18,20H,5-15H2,1-4H3. The SMILES string of the molecule is CCCC1CCC(NC)C(CN2CCCC(C)(C)CC2)C1. The molecule has 0 aromatic rings. The molecule has 3 unspecified atom stereocenters. The Morgan fingerprint density at radius 3 is 2.67 bits per heavy atom. The lowest BCUT2D eigenvalue weighted by molar-refractivity contribution is 0.139. The van der Waals surface area contributed by atoms with Gasteiger partial charge in [-0.1, -0.05) is 33.6 Å². The Morgan fingerprint density at radius 1 is 1.14 bits per heavy atom. The van der Waals surface area contributed by atoms with Crippen molar-refractivity contribution < 1.29 is 0 Å². The van der Waals surface area contributed by atoms with Crippen molar-refractivity contribution in [2.75, 3.05) is 26.7 Å². The molecule has 1 aliphatic carbocycles. The average molecular weight is 295 g/mol. The molecule has 0 spiro atoms. The Bertz CT molecular complexity index is 300. The zero-order valence-electron chi connectivity index (χ0n) is 15.0. The van der Waals surface area contributed by atoms with E-state index in [-0.39, 0.29) is 0 Å². The van der Waals surface area contributed by atoms with Gasteiger partial charge in [-0.15, -0.1) is 0 Å². The van der Waals surface area contributed by atoms with Crippen LogP contribution in [0.15, 0.2) is 0 Å². The van der Waals surface area contributed by atoms with Crippen LogP contribution in [0.25, 0.3) is 0 Å². The number of rotatable bonds is 5. The fraction of sp³-hybridized carbons (Fsp3) is 1.00. The van der Waals surface area contributed by atoms with Crippen LogP contribution in [-0.4, -0.2) is 37.6 Å². The van der Waals surface area contributed by atoms with Crippen molar-refractivity contribution in [3.8, 4) is 0 Å². The fourth-order valence-corrected chi connectivity index (χ4v) is 4.61. The average Bonchev–Trinajstić information content (AvgIpc) is 2.61. The van der Waals surface area contributed by atoms with E-state index in [9.17, 15) is 0 Å². The second-order valence-corrected chi connectivity index (χ2v) is 8.44. The zero-order chi connectivity index (χ0) is 15.3. The lowest BCUT2D eigenvalue weighted by Crippen LogP contribution is -2.45. The minimum absolute atomic E-state index is 0.564. The first-order valence-corrected chi connectivity index (χ1v) is 9.43. The van der Waals surface area contributed by atoms with Gasteiger partial charge in [-0.2, -0.15) is 0 Å². The first kappa shape index (κ1) is 17.3. The molecule has 0 aromatic heterocycles. The summed E-state index contributed by atoms with van der Waals surface area (Å²) in [7, 11) is 2.17. The number of hydrogen-bond acceptors (Lipinski definition) is 2. The van der Waals surface area contributed by atoms with Gasteiger partial charge in [0.05, 0.1) is 0 Å². The van der Waals surface area contributed by atoms with Gasteiger partial charge in [0, 0.05) is 12.6 Å². The topological polar surface area (TPSA) is 15.3 Å². The molecule has 2 rings (SSSR count). The summed E-state index contributed by atoms with van der Waals surface area (Å²) in [5, 5.41) is 3.61. The molecule has 2 aliphatic rings. The maximum atomic E-state index is 3.61. The maximum Gasteiger partial charge on any atom is 0.0105 e. The highest BCUT2D eigenvalue weighted by atomic mass is 15.1. The predicted molar refractivity (Wildman–Crippen MR) is 92.7 cm³/mol. The first-order chi connectivity index (χ1) is 10.0. The van der Waals surface area contributed by atoms with Crippen molar-refractivity contribution in [3.05, 3.63) is 0 Å². The summed E-state index contributed by atoms with van der Waals surface area (Å²) in [6.07, 6.45) is 11.3. The molecule has 21 heavy (non-hydrogen) atoms. The molecule has 2 heteroatoms. The molecule has 1 aliphatic heterocycles. The Morgan fingerprint density at radius 2 is 1.95 bits per heavy atom. The van der Waals surface area contributed by atoms with Crippen LogP contribution in [-0.2, 0) is 0 Å². The number of hydrogen-bond donors (Lipinski definition) is 1. The summed E-state index contributed by atoms with van der Waals surface area (Å²) in [5.74, 6) is 1.87. The van der Waals surface area contributed by atoms with Crippen molar-refractivity contribution in [2.24, 2.45) is 17.3 Å². The van der Waals surface area contributed by atoms with Gasteiger partial charge in [0.25, 0.3) is 0 Å². The van der Waals surface area contributed by atoms with Crippen LogP contribution >= 0.6 is 0 Å². The van der Waals surface area contributed by atoms with Gasteiger partial charge in [0.1, 0.15) is 0 Å². The molecule has 1 N–H and O–H groups in total. The molecule has 124 valence electrons. The van der Waals surface area contributed by atoms with Crippen molar-refractivity contribution in [2.45, 2.75) is 78.2 Å². The van der Waals surface area contributed by atoms with Crippen LogP contribution in [0.4, 0.5) is 0 Å². The molecule has 1 heterocycles. The van der Waals surface area contributed by atoms with Gasteiger partial charge in [-0.05, 0) is 75.9 Å². The number of nitrogens with zero attached hydrogens (tertiary/aromatic N) is 1. The van der Waals surface area contributed by atoms with Gasteiger partial charge < -0.3 is 10.2 Å². The van der Waals surface area contributed by atoms with E-state index in [1.165, 1.54) is 71.0 Å². The van der Waals surface area contributed by atoms with E-state index in [1.54, 1.807) is 0 Å². The largest absolute Gasteiger partial charge is 0.317 e. The van der Waals surface area contributed by atoms with Crippen LogP contribution < -0.4 is 5.32 Å². The van der Waals surface area contributed by atoms with Gasteiger partial charge in [0.2, 0.25) is 0 Å². The molecular formula is C19H38N2. The van der Waals surface area contributed by atoms with Crippen LogP contribution in [0.5, 0.6) is 0 Å². The normalized spacial score (nSPS) is 34.6. The lowest BCUT2D eigenvalue weighted by Gasteiger charge is -2.39. The van der Waals surface area contributed by atoms with Crippen LogP contribution in [0.1, 0.15) is 72.1 Å². The second-order valence-electron chi connectivity index (χ2n) is 8.44. The van der Waals surface area contributed by atoms with Crippen LogP contribution in [0.3, 0.4) is 0 Å². The monoisotopic (exact) mass is 294 g/mol. The van der Waals surface area contributed by atoms with Crippen molar-refractivity contribution in [3.63, 3.8) is 0 Å². The molecular weight excluding hydrogens is 256 g/mol. The maximum absolute atomic E-state index is 3.61. The van der Waals surface area contributed by atoms with Crippen LogP contribution in [0.2, 0.25) is 0 Å². The smallest absolute Gasteiger partial charge is 0.0105 e. The molecule has 1 saturated carbocycles. The first-order valence-electron chi connectivity index (χ1n) is 9.43. The highest BCUT2D eigenvalue weighted by Crippen LogP contribution is 2.34. The highest BCUT2D eigenvalue weighted by molar-refractivity contribution is 4.87. The Hall–Kier alpha value is -0.0800. The van der Waals surface area contributed by atoms with E-state index in [0.717, 1.165) is 17.9 Å². The zero-order valence-corrected chi connectivity index (χ0v) is 15.0.